The first kappa shape index (κ1) is 11.9. The molecule has 1 aromatic heterocycles. The van der Waals surface area contributed by atoms with Gasteiger partial charge in [0.1, 0.15) is 5.82 Å². The van der Waals surface area contributed by atoms with Crippen LogP contribution in [0.15, 0.2) is 35.2 Å². The van der Waals surface area contributed by atoms with Gasteiger partial charge in [0.25, 0.3) is 11.1 Å². The van der Waals surface area contributed by atoms with Gasteiger partial charge < -0.3 is 0 Å². The molecule has 94 valence electrons. The number of nitrogens with one attached hydrogen (secondary N) is 1. The van der Waals surface area contributed by atoms with Crippen LogP contribution in [0.25, 0.3) is 17.0 Å². The Morgan fingerprint density at radius 2 is 2.05 bits per heavy atom. The van der Waals surface area contributed by atoms with E-state index < -0.39 is 5.91 Å². The van der Waals surface area contributed by atoms with Crippen molar-refractivity contribution >= 4 is 39.9 Å². The number of hydrogen-bond donors (Lipinski definition) is 1. The van der Waals surface area contributed by atoms with Crippen LogP contribution < -0.4 is 5.32 Å². The summed E-state index contributed by atoms with van der Waals surface area (Å²) < 4.78 is 13.0. The molecule has 2 heterocycles. The molecule has 6 heteroatoms. The molecule has 0 bridgehead atoms. The summed E-state index contributed by atoms with van der Waals surface area (Å²) >= 11 is 0.838. The zero-order valence-corrected chi connectivity index (χ0v) is 10.3. The molecule has 0 aliphatic carbocycles. The maximum Gasteiger partial charge on any atom is 0.290 e. The zero-order valence-electron chi connectivity index (χ0n) is 9.51. The minimum atomic E-state index is -0.420. The molecule has 0 unspecified atom stereocenters. The second-order valence-electron chi connectivity index (χ2n) is 3.93. The van der Waals surface area contributed by atoms with Crippen molar-refractivity contribution in [1.82, 2.24) is 10.3 Å². The Morgan fingerprint density at radius 1 is 1.21 bits per heavy atom. The molecule has 0 saturated carbocycles. The molecular weight excluding hydrogens is 267 g/mol. The average molecular weight is 274 g/mol. The van der Waals surface area contributed by atoms with Crippen LogP contribution in [0.1, 0.15) is 5.69 Å². The summed E-state index contributed by atoms with van der Waals surface area (Å²) in [6.45, 7) is 0. The lowest BCUT2D eigenvalue weighted by atomic mass is 10.2. The Balaban J connectivity index is 2.02. The van der Waals surface area contributed by atoms with Crippen molar-refractivity contribution in [1.29, 1.82) is 0 Å². The number of pyridine rings is 1. The maximum absolute atomic E-state index is 13.0. The number of hydrogen-bond acceptors (Lipinski definition) is 4. The van der Waals surface area contributed by atoms with E-state index in [9.17, 15) is 14.0 Å². The predicted octanol–water partition coefficient (Wildman–Crippen LogP) is 2.70. The summed E-state index contributed by atoms with van der Waals surface area (Å²) in [4.78, 5) is 27.0. The van der Waals surface area contributed by atoms with E-state index in [1.54, 1.807) is 18.2 Å². The number of imide groups is 1. The largest absolute Gasteiger partial charge is 0.290 e. The van der Waals surface area contributed by atoms with Crippen LogP contribution in [0.3, 0.4) is 0 Å². The fourth-order valence-corrected chi connectivity index (χ4v) is 2.41. The molecule has 0 atom stereocenters. The first-order valence-electron chi connectivity index (χ1n) is 5.43. The fraction of sp³-hybridized carbons (Fsp3) is 0. The standard InChI is InChI=1S/C13H7FN2O2S/c14-8-2-4-10-7(5-8)1-3-9(15-10)6-11-12(17)16-13(18)19-11/h1-6H,(H,16,17,18)/b11-6+. The molecule has 1 fully saturated rings. The van der Waals surface area contributed by atoms with Crippen LogP contribution in [0.5, 0.6) is 0 Å². The van der Waals surface area contributed by atoms with Crippen molar-refractivity contribution in [2.45, 2.75) is 0 Å². The molecule has 1 aromatic carbocycles. The number of carbonyl (C=O) groups excluding carboxylic acids is 2. The third-order valence-corrected chi connectivity index (χ3v) is 3.40. The number of rotatable bonds is 1. The Kier molecular flexibility index (Phi) is 2.79. The topological polar surface area (TPSA) is 59.1 Å². The SMILES string of the molecule is O=C1NC(=O)/C(=C\c2ccc3cc(F)ccc3n2)S1. The van der Waals surface area contributed by atoms with E-state index in [0.29, 0.717) is 21.5 Å². The molecule has 19 heavy (non-hydrogen) atoms. The molecule has 2 amide bonds. The van der Waals surface area contributed by atoms with Gasteiger partial charge in [-0.1, -0.05) is 6.07 Å². The Labute approximate surface area is 111 Å². The molecule has 0 radical (unpaired) electrons. The van der Waals surface area contributed by atoms with Crippen LogP contribution >= 0.6 is 11.8 Å². The fourth-order valence-electron chi connectivity index (χ4n) is 1.75. The number of fused-ring (bicyclic) bond motifs is 1. The van der Waals surface area contributed by atoms with Crippen LogP contribution in [0, 0.1) is 5.82 Å². The van der Waals surface area contributed by atoms with E-state index in [-0.39, 0.29) is 11.1 Å². The van der Waals surface area contributed by atoms with Gasteiger partial charge in [0.2, 0.25) is 0 Å². The lowest BCUT2D eigenvalue weighted by Gasteiger charge is -1.99. The molecule has 1 saturated heterocycles. The lowest BCUT2D eigenvalue weighted by Crippen LogP contribution is -2.17. The summed E-state index contributed by atoms with van der Waals surface area (Å²) in [7, 11) is 0. The Bertz CT molecular complexity index is 743. The molecule has 1 aliphatic heterocycles. The summed E-state index contributed by atoms with van der Waals surface area (Å²) in [6, 6.07) is 7.68. The monoisotopic (exact) mass is 274 g/mol. The molecule has 2 aromatic rings. The van der Waals surface area contributed by atoms with E-state index >= 15 is 0 Å². The number of carbonyl (C=O) groups is 2. The Hall–Kier alpha value is -2.21. The van der Waals surface area contributed by atoms with Crippen LogP contribution in [-0.2, 0) is 4.79 Å². The quantitative estimate of drug-likeness (QED) is 0.812. The van der Waals surface area contributed by atoms with Crippen molar-refractivity contribution in [3.05, 3.63) is 46.7 Å². The summed E-state index contributed by atoms with van der Waals surface area (Å²) in [5.41, 5.74) is 1.18. The number of aromatic nitrogens is 1. The lowest BCUT2D eigenvalue weighted by molar-refractivity contribution is -0.115. The van der Waals surface area contributed by atoms with E-state index in [1.807, 2.05) is 0 Å². The van der Waals surface area contributed by atoms with Gasteiger partial charge in [-0.2, -0.15) is 0 Å². The zero-order chi connectivity index (χ0) is 13.4. The molecule has 3 rings (SSSR count). The van der Waals surface area contributed by atoms with Gasteiger partial charge in [-0.25, -0.2) is 9.37 Å². The summed E-state index contributed by atoms with van der Waals surface area (Å²) in [5, 5.41) is 2.46. The molecule has 1 aliphatic rings. The van der Waals surface area contributed by atoms with Gasteiger partial charge in [-0.15, -0.1) is 0 Å². The normalized spacial score (nSPS) is 17.2. The highest BCUT2D eigenvalue weighted by atomic mass is 32.2. The highest BCUT2D eigenvalue weighted by Crippen LogP contribution is 2.25. The van der Waals surface area contributed by atoms with Gasteiger partial charge in [0.15, 0.2) is 0 Å². The van der Waals surface area contributed by atoms with E-state index in [4.69, 9.17) is 0 Å². The summed E-state index contributed by atoms with van der Waals surface area (Å²) in [6.07, 6.45) is 1.54. The number of halogens is 1. The number of nitrogens with zero attached hydrogens (tertiary/aromatic N) is 1. The third-order valence-electron chi connectivity index (χ3n) is 2.59. The first-order chi connectivity index (χ1) is 9.11. The number of benzene rings is 1. The van der Waals surface area contributed by atoms with E-state index in [1.165, 1.54) is 18.2 Å². The van der Waals surface area contributed by atoms with Crippen molar-refractivity contribution in [2.24, 2.45) is 0 Å². The van der Waals surface area contributed by atoms with Crippen LogP contribution in [-0.4, -0.2) is 16.1 Å². The molecule has 0 spiro atoms. The summed E-state index contributed by atoms with van der Waals surface area (Å²) in [5.74, 6) is -0.743. The minimum Gasteiger partial charge on any atom is -0.282 e. The number of amides is 2. The van der Waals surface area contributed by atoms with Crippen molar-refractivity contribution in [3.63, 3.8) is 0 Å². The highest BCUT2D eigenvalue weighted by Gasteiger charge is 2.25. The van der Waals surface area contributed by atoms with Crippen LogP contribution in [0.2, 0.25) is 0 Å². The first-order valence-corrected chi connectivity index (χ1v) is 6.25. The maximum atomic E-state index is 13.0. The Morgan fingerprint density at radius 3 is 2.79 bits per heavy atom. The smallest absolute Gasteiger partial charge is 0.282 e. The van der Waals surface area contributed by atoms with Gasteiger partial charge in [0, 0.05) is 5.39 Å². The van der Waals surface area contributed by atoms with Gasteiger partial charge in [-0.05, 0) is 42.1 Å². The van der Waals surface area contributed by atoms with E-state index in [0.717, 1.165) is 11.8 Å². The van der Waals surface area contributed by atoms with Crippen LogP contribution in [0.4, 0.5) is 9.18 Å². The second kappa shape index (κ2) is 4.47. The third kappa shape index (κ3) is 2.34. The van der Waals surface area contributed by atoms with E-state index in [2.05, 4.69) is 10.3 Å². The average Bonchev–Trinajstić information content (AvgIpc) is 2.68. The van der Waals surface area contributed by atoms with Gasteiger partial charge >= 0.3 is 0 Å². The van der Waals surface area contributed by atoms with Gasteiger partial charge in [0.05, 0.1) is 16.1 Å². The number of thioether (sulfide) groups is 1. The predicted molar refractivity (Wildman–Crippen MR) is 70.8 cm³/mol. The molecular formula is C13H7FN2O2S. The van der Waals surface area contributed by atoms with Crippen molar-refractivity contribution in [2.75, 3.05) is 0 Å². The second-order valence-corrected chi connectivity index (χ2v) is 4.94. The van der Waals surface area contributed by atoms with Crippen molar-refractivity contribution < 1.29 is 14.0 Å². The molecule has 1 N–H and O–H groups in total. The molecule has 4 nitrogen and oxygen atoms in total. The van der Waals surface area contributed by atoms with Crippen molar-refractivity contribution in [3.8, 4) is 0 Å². The highest BCUT2D eigenvalue weighted by molar-refractivity contribution is 8.18. The van der Waals surface area contributed by atoms with Gasteiger partial charge in [-0.3, -0.25) is 14.9 Å². The minimum absolute atomic E-state index is 0.305.